The summed E-state index contributed by atoms with van der Waals surface area (Å²) in [5, 5.41) is 1.06. The number of carbonyl (C=O) groups excluding carboxylic acids is 1. The van der Waals surface area contributed by atoms with E-state index < -0.39 is 11.6 Å². The summed E-state index contributed by atoms with van der Waals surface area (Å²) < 4.78 is 27.5. The molecule has 5 aromatic rings. The average Bonchev–Trinajstić information content (AvgIpc) is 2.85. The molecule has 180 valence electrons. The Balaban J connectivity index is 1.30. The van der Waals surface area contributed by atoms with E-state index in [4.69, 9.17) is 23.0 Å². The molecule has 2 aromatic heterocycles. The first-order chi connectivity index (χ1) is 17.4. The summed E-state index contributed by atoms with van der Waals surface area (Å²) in [5.41, 5.74) is 0.597. The third-order valence-electron chi connectivity index (χ3n) is 5.46. The van der Waals surface area contributed by atoms with Crippen molar-refractivity contribution in [3.63, 3.8) is 0 Å². The van der Waals surface area contributed by atoms with Crippen LogP contribution in [0.4, 0.5) is 0 Å². The molecule has 0 unspecified atom stereocenters. The van der Waals surface area contributed by atoms with Crippen LogP contribution in [0.5, 0.6) is 23.0 Å². The van der Waals surface area contributed by atoms with Gasteiger partial charge in [0.15, 0.2) is 6.61 Å². The molecule has 0 saturated carbocycles. The Morgan fingerprint density at radius 2 is 1.47 bits per heavy atom. The fourth-order valence-corrected chi connectivity index (χ4v) is 3.75. The van der Waals surface area contributed by atoms with E-state index >= 15 is 0 Å². The van der Waals surface area contributed by atoms with Crippen molar-refractivity contribution >= 4 is 27.9 Å². The minimum absolute atomic E-state index is 0.0910. The van der Waals surface area contributed by atoms with Crippen LogP contribution in [-0.4, -0.2) is 12.6 Å². The first-order valence-corrected chi connectivity index (χ1v) is 11.1. The summed E-state index contributed by atoms with van der Waals surface area (Å²) in [4.78, 5) is 36.9. The number of aryl methyl sites for hydroxylation is 2. The number of hydrogen-bond donors (Lipinski definition) is 0. The van der Waals surface area contributed by atoms with Crippen molar-refractivity contribution in [3.8, 4) is 23.0 Å². The highest BCUT2D eigenvalue weighted by molar-refractivity contribution is 5.82. The van der Waals surface area contributed by atoms with Gasteiger partial charge in [0.25, 0.3) is 0 Å². The highest BCUT2D eigenvalue weighted by atomic mass is 16.6. The average molecular weight is 484 g/mol. The van der Waals surface area contributed by atoms with Crippen molar-refractivity contribution in [2.45, 2.75) is 13.8 Å². The molecule has 0 aliphatic carbocycles. The van der Waals surface area contributed by atoms with Crippen molar-refractivity contribution < 1.29 is 27.8 Å². The van der Waals surface area contributed by atoms with E-state index in [1.807, 2.05) is 6.07 Å². The molecule has 0 atom stereocenters. The number of rotatable bonds is 6. The number of carbonyl (C=O) groups is 1. The van der Waals surface area contributed by atoms with Gasteiger partial charge in [-0.2, -0.15) is 0 Å². The van der Waals surface area contributed by atoms with Crippen LogP contribution in [0, 0.1) is 13.8 Å². The molecule has 0 fully saturated rings. The Labute approximate surface area is 204 Å². The Kier molecular flexibility index (Phi) is 6.00. The van der Waals surface area contributed by atoms with E-state index in [9.17, 15) is 14.4 Å². The van der Waals surface area contributed by atoms with Gasteiger partial charge in [0.1, 0.15) is 34.2 Å². The predicted molar refractivity (Wildman–Crippen MR) is 132 cm³/mol. The summed E-state index contributed by atoms with van der Waals surface area (Å²) in [5.74, 6) is 0.772. The fraction of sp³-hybridized carbons (Fsp3) is 0.107. The van der Waals surface area contributed by atoms with Crippen LogP contribution in [-0.2, 0) is 4.79 Å². The number of hydrogen-bond acceptors (Lipinski definition) is 8. The van der Waals surface area contributed by atoms with Crippen LogP contribution in [0.25, 0.3) is 21.9 Å². The molecule has 0 amide bonds. The Morgan fingerprint density at radius 1 is 0.778 bits per heavy atom. The third kappa shape index (κ3) is 4.69. The molecule has 3 aromatic carbocycles. The Morgan fingerprint density at radius 3 is 2.28 bits per heavy atom. The summed E-state index contributed by atoms with van der Waals surface area (Å²) in [6.45, 7) is 3.05. The molecule has 8 nitrogen and oxygen atoms in total. The second kappa shape index (κ2) is 9.42. The molecule has 0 aliphatic rings. The molecular formula is C28H20O8. The summed E-state index contributed by atoms with van der Waals surface area (Å²) >= 11 is 0. The third-order valence-corrected chi connectivity index (χ3v) is 5.46. The minimum atomic E-state index is -0.664. The molecule has 8 heteroatoms. The van der Waals surface area contributed by atoms with Gasteiger partial charge < -0.3 is 23.0 Å². The number of para-hydroxylation sites is 1. The van der Waals surface area contributed by atoms with Crippen LogP contribution in [0.2, 0.25) is 0 Å². The molecule has 2 heterocycles. The van der Waals surface area contributed by atoms with Gasteiger partial charge in [0.05, 0.1) is 5.39 Å². The zero-order valence-electron chi connectivity index (χ0n) is 19.4. The first kappa shape index (κ1) is 22.9. The van der Waals surface area contributed by atoms with Gasteiger partial charge in [-0.3, -0.25) is 4.79 Å². The lowest BCUT2D eigenvalue weighted by atomic mass is 10.1. The SMILES string of the molecule is Cc1oc2cc(OC(=O)COc3ccc4c(C)cc(=O)oc4c3)ccc2c(=O)c1Oc1ccccc1. The predicted octanol–water partition coefficient (Wildman–Crippen LogP) is 5.29. The molecule has 0 N–H and O–H groups in total. The van der Waals surface area contributed by atoms with Gasteiger partial charge in [0.2, 0.25) is 11.2 Å². The fourth-order valence-electron chi connectivity index (χ4n) is 3.75. The maximum Gasteiger partial charge on any atom is 0.349 e. The number of benzene rings is 3. The van der Waals surface area contributed by atoms with Crippen molar-refractivity contribution in [3.05, 3.63) is 105 Å². The van der Waals surface area contributed by atoms with E-state index in [0.717, 1.165) is 10.9 Å². The maximum atomic E-state index is 12.9. The number of esters is 1. The Hall–Kier alpha value is -4.85. The lowest BCUT2D eigenvalue weighted by molar-refractivity contribution is -0.136. The monoisotopic (exact) mass is 484 g/mol. The molecule has 0 bridgehead atoms. The standard InChI is InChI=1S/C28H20O8/c1-16-12-25(29)36-23-13-19(8-10-21(16)23)32-15-26(30)34-20-9-11-22-24(14-20)33-17(2)28(27(22)31)35-18-6-4-3-5-7-18/h3-14H,15H2,1-2H3. The van der Waals surface area contributed by atoms with Gasteiger partial charge in [-0.1, -0.05) is 18.2 Å². The van der Waals surface area contributed by atoms with E-state index in [0.29, 0.717) is 22.8 Å². The summed E-state index contributed by atoms with van der Waals surface area (Å²) in [6, 6.07) is 19.8. The van der Waals surface area contributed by atoms with Gasteiger partial charge >= 0.3 is 11.6 Å². The molecule has 0 radical (unpaired) electrons. The van der Waals surface area contributed by atoms with Gasteiger partial charge in [0, 0.05) is 23.6 Å². The summed E-state index contributed by atoms with van der Waals surface area (Å²) in [7, 11) is 0. The normalized spacial score (nSPS) is 10.9. The molecule has 36 heavy (non-hydrogen) atoms. The van der Waals surface area contributed by atoms with Crippen LogP contribution in [0.15, 0.2) is 91.2 Å². The Bertz CT molecular complexity index is 1710. The second-order valence-electron chi connectivity index (χ2n) is 8.06. The minimum Gasteiger partial charge on any atom is -0.482 e. The number of fused-ring (bicyclic) bond motifs is 2. The smallest absolute Gasteiger partial charge is 0.349 e. The zero-order valence-corrected chi connectivity index (χ0v) is 19.4. The van der Waals surface area contributed by atoms with E-state index in [2.05, 4.69) is 0 Å². The molecule has 0 spiro atoms. The first-order valence-electron chi connectivity index (χ1n) is 11.1. The summed E-state index contributed by atoms with van der Waals surface area (Å²) in [6.07, 6.45) is 0. The van der Waals surface area contributed by atoms with E-state index in [1.165, 1.54) is 24.3 Å². The molecular weight excluding hydrogens is 464 g/mol. The van der Waals surface area contributed by atoms with Gasteiger partial charge in [-0.05, 0) is 55.8 Å². The van der Waals surface area contributed by atoms with Crippen LogP contribution in [0.1, 0.15) is 11.3 Å². The largest absolute Gasteiger partial charge is 0.482 e. The highest BCUT2D eigenvalue weighted by Gasteiger charge is 2.16. The zero-order chi connectivity index (χ0) is 25.2. The maximum absolute atomic E-state index is 12.9. The second-order valence-corrected chi connectivity index (χ2v) is 8.06. The van der Waals surface area contributed by atoms with Gasteiger partial charge in [-0.15, -0.1) is 0 Å². The lowest BCUT2D eigenvalue weighted by Crippen LogP contribution is -2.17. The van der Waals surface area contributed by atoms with E-state index in [-0.39, 0.29) is 34.5 Å². The highest BCUT2D eigenvalue weighted by Crippen LogP contribution is 2.27. The molecule has 5 rings (SSSR count). The van der Waals surface area contributed by atoms with Crippen LogP contribution >= 0.6 is 0 Å². The van der Waals surface area contributed by atoms with Crippen molar-refractivity contribution in [2.75, 3.05) is 6.61 Å². The number of ether oxygens (including phenoxy) is 3. The molecule has 0 aliphatic heterocycles. The van der Waals surface area contributed by atoms with Gasteiger partial charge in [-0.25, -0.2) is 9.59 Å². The van der Waals surface area contributed by atoms with E-state index in [1.54, 1.807) is 56.3 Å². The van der Waals surface area contributed by atoms with Crippen LogP contribution in [0.3, 0.4) is 0 Å². The quantitative estimate of drug-likeness (QED) is 0.182. The molecule has 0 saturated heterocycles. The van der Waals surface area contributed by atoms with Crippen molar-refractivity contribution in [1.29, 1.82) is 0 Å². The lowest BCUT2D eigenvalue weighted by Gasteiger charge is -2.10. The topological polar surface area (TPSA) is 105 Å². The van der Waals surface area contributed by atoms with Crippen LogP contribution < -0.4 is 25.3 Å². The van der Waals surface area contributed by atoms with Crippen molar-refractivity contribution in [1.82, 2.24) is 0 Å². The van der Waals surface area contributed by atoms with Crippen molar-refractivity contribution in [2.24, 2.45) is 0 Å².